The first-order valence-electron chi connectivity index (χ1n) is 9.25. The lowest BCUT2D eigenvalue weighted by Crippen LogP contribution is -2.54. The Kier molecular flexibility index (Phi) is 7.59. The molecule has 1 aliphatic rings. The van der Waals surface area contributed by atoms with Crippen molar-refractivity contribution in [2.24, 2.45) is 5.92 Å². The summed E-state index contributed by atoms with van der Waals surface area (Å²) in [6.07, 6.45) is 0.512. The fourth-order valence-electron chi connectivity index (χ4n) is 3.24. The molecule has 5 heteroatoms. The molecule has 2 rings (SSSR count). The Morgan fingerprint density at radius 2 is 1.68 bits per heavy atom. The molecular weight excluding hydrogens is 314 g/mol. The number of Topliss-reactive ketones (excluding diaryl/α,β-unsaturated/α-hetero) is 1. The fraction of sp³-hybridized carbons (Fsp3) is 0.600. The average Bonchev–Trinajstić information content (AvgIpc) is 2.61. The van der Waals surface area contributed by atoms with E-state index < -0.39 is 0 Å². The minimum Gasteiger partial charge on any atom is -0.355 e. The second-order valence-corrected chi connectivity index (χ2v) is 7.24. The maximum atomic E-state index is 12.2. The third-order valence-electron chi connectivity index (χ3n) is 4.96. The van der Waals surface area contributed by atoms with Crippen LogP contribution in [0, 0.1) is 5.92 Å². The summed E-state index contributed by atoms with van der Waals surface area (Å²) in [5.41, 5.74) is 0.674. The van der Waals surface area contributed by atoms with Crippen molar-refractivity contribution in [3.8, 4) is 0 Å². The second kappa shape index (κ2) is 9.68. The summed E-state index contributed by atoms with van der Waals surface area (Å²) in [5.74, 6) is 0.467. The molecule has 0 aliphatic carbocycles. The van der Waals surface area contributed by atoms with Gasteiger partial charge in [0, 0.05) is 57.2 Å². The van der Waals surface area contributed by atoms with E-state index in [-0.39, 0.29) is 24.5 Å². The van der Waals surface area contributed by atoms with Crippen LogP contribution in [-0.2, 0) is 4.79 Å². The number of likely N-dealkylation sites (N-methyl/N-ethyl adjacent to an activating group) is 1. The third kappa shape index (κ3) is 6.25. The number of piperazine rings is 1. The Balaban J connectivity index is 1.76. The molecule has 1 N–H and O–H groups in total. The van der Waals surface area contributed by atoms with Gasteiger partial charge in [-0.15, -0.1) is 0 Å². The van der Waals surface area contributed by atoms with Crippen molar-refractivity contribution < 1.29 is 9.59 Å². The molecule has 1 amide bonds. The lowest BCUT2D eigenvalue weighted by atomic mass is 10.0. The molecule has 1 heterocycles. The van der Waals surface area contributed by atoms with E-state index in [1.54, 1.807) is 12.1 Å². The summed E-state index contributed by atoms with van der Waals surface area (Å²) in [7, 11) is 2.15. The van der Waals surface area contributed by atoms with Gasteiger partial charge in [0.1, 0.15) is 0 Å². The van der Waals surface area contributed by atoms with Crippen molar-refractivity contribution in [1.82, 2.24) is 15.1 Å². The van der Waals surface area contributed by atoms with Gasteiger partial charge in [-0.05, 0) is 13.0 Å². The van der Waals surface area contributed by atoms with Crippen LogP contribution in [-0.4, -0.2) is 67.3 Å². The molecule has 1 aromatic carbocycles. The predicted molar refractivity (Wildman–Crippen MR) is 101 cm³/mol. The Bertz CT molecular complexity index is 551. The second-order valence-electron chi connectivity index (χ2n) is 7.24. The van der Waals surface area contributed by atoms with Gasteiger partial charge >= 0.3 is 0 Å². The largest absolute Gasteiger partial charge is 0.355 e. The Morgan fingerprint density at radius 3 is 2.28 bits per heavy atom. The number of carbonyl (C=O) groups is 2. The zero-order valence-corrected chi connectivity index (χ0v) is 15.7. The van der Waals surface area contributed by atoms with Gasteiger partial charge in [-0.2, -0.15) is 0 Å². The minimum absolute atomic E-state index is 0.0234. The third-order valence-corrected chi connectivity index (χ3v) is 4.96. The predicted octanol–water partition coefficient (Wildman–Crippen LogP) is 2.04. The summed E-state index contributed by atoms with van der Waals surface area (Å²) in [4.78, 5) is 29.0. The van der Waals surface area contributed by atoms with Crippen LogP contribution in [0.3, 0.4) is 0 Å². The van der Waals surface area contributed by atoms with Crippen molar-refractivity contribution in [2.45, 2.75) is 32.7 Å². The first-order chi connectivity index (χ1) is 12.0. The van der Waals surface area contributed by atoms with Crippen molar-refractivity contribution in [2.75, 3.05) is 39.8 Å². The standard InChI is InChI=1S/C20H31N3O2/c1-16(2)18(23-13-11-22(3)12-14-23)15-21-20(25)10-9-19(24)17-7-5-4-6-8-17/h4-8,16,18H,9-15H2,1-3H3,(H,21,25). The smallest absolute Gasteiger partial charge is 0.220 e. The summed E-state index contributed by atoms with van der Waals surface area (Å²) in [6, 6.07) is 9.51. The van der Waals surface area contributed by atoms with Gasteiger partial charge in [0.15, 0.2) is 5.78 Å². The van der Waals surface area contributed by atoms with Crippen LogP contribution in [0.4, 0.5) is 0 Å². The molecule has 5 nitrogen and oxygen atoms in total. The number of hydrogen-bond acceptors (Lipinski definition) is 4. The van der Waals surface area contributed by atoms with E-state index in [0.29, 0.717) is 24.1 Å². The molecule has 138 valence electrons. The fourth-order valence-corrected chi connectivity index (χ4v) is 3.24. The first-order valence-corrected chi connectivity index (χ1v) is 9.25. The molecule has 0 bridgehead atoms. The molecule has 0 radical (unpaired) electrons. The van der Waals surface area contributed by atoms with Gasteiger partial charge in [-0.1, -0.05) is 44.2 Å². The van der Waals surface area contributed by atoms with Crippen LogP contribution in [0.1, 0.15) is 37.0 Å². The monoisotopic (exact) mass is 345 g/mol. The molecule has 0 spiro atoms. The van der Waals surface area contributed by atoms with E-state index in [0.717, 1.165) is 26.2 Å². The molecule has 0 aromatic heterocycles. The highest BCUT2D eigenvalue weighted by molar-refractivity contribution is 5.97. The molecule has 1 unspecified atom stereocenters. The maximum absolute atomic E-state index is 12.2. The SMILES string of the molecule is CC(C)C(CNC(=O)CCC(=O)c1ccccc1)N1CCN(C)CC1. The number of ketones is 1. The van der Waals surface area contributed by atoms with E-state index in [9.17, 15) is 9.59 Å². The first kappa shape index (κ1) is 19.6. The van der Waals surface area contributed by atoms with Crippen LogP contribution in [0.2, 0.25) is 0 Å². The Hall–Kier alpha value is -1.72. The van der Waals surface area contributed by atoms with Crippen LogP contribution in [0.25, 0.3) is 0 Å². The van der Waals surface area contributed by atoms with Crippen LogP contribution in [0.5, 0.6) is 0 Å². The van der Waals surface area contributed by atoms with Crippen molar-refractivity contribution in [3.63, 3.8) is 0 Å². The number of benzene rings is 1. The highest BCUT2D eigenvalue weighted by Gasteiger charge is 2.25. The summed E-state index contributed by atoms with van der Waals surface area (Å²) >= 11 is 0. The lowest BCUT2D eigenvalue weighted by molar-refractivity contribution is -0.121. The summed E-state index contributed by atoms with van der Waals surface area (Å²) in [5, 5.41) is 3.03. The van der Waals surface area contributed by atoms with Gasteiger partial charge in [0.2, 0.25) is 5.91 Å². The minimum atomic E-state index is -0.0379. The molecule has 1 saturated heterocycles. The average molecular weight is 345 g/mol. The van der Waals surface area contributed by atoms with Gasteiger partial charge in [0.25, 0.3) is 0 Å². The van der Waals surface area contributed by atoms with E-state index in [4.69, 9.17) is 0 Å². The van der Waals surface area contributed by atoms with E-state index in [1.165, 1.54) is 0 Å². The highest BCUT2D eigenvalue weighted by atomic mass is 16.2. The quantitative estimate of drug-likeness (QED) is 0.733. The molecule has 1 atom stereocenters. The van der Waals surface area contributed by atoms with E-state index >= 15 is 0 Å². The number of hydrogen-bond donors (Lipinski definition) is 1. The normalized spacial score (nSPS) is 17.4. The maximum Gasteiger partial charge on any atom is 0.220 e. The Labute approximate surface area is 151 Å². The van der Waals surface area contributed by atoms with Gasteiger partial charge in [0.05, 0.1) is 0 Å². The van der Waals surface area contributed by atoms with Crippen molar-refractivity contribution in [3.05, 3.63) is 35.9 Å². The number of carbonyl (C=O) groups excluding carboxylic acids is 2. The van der Waals surface area contributed by atoms with E-state index in [2.05, 4.69) is 36.0 Å². The molecule has 1 aromatic rings. The van der Waals surface area contributed by atoms with Gasteiger partial charge in [-0.25, -0.2) is 0 Å². The van der Waals surface area contributed by atoms with Crippen molar-refractivity contribution >= 4 is 11.7 Å². The Morgan fingerprint density at radius 1 is 1.04 bits per heavy atom. The topological polar surface area (TPSA) is 52.7 Å². The van der Waals surface area contributed by atoms with Crippen LogP contribution in [0.15, 0.2) is 30.3 Å². The number of amides is 1. The summed E-state index contributed by atoms with van der Waals surface area (Å²) in [6.45, 7) is 9.29. The zero-order valence-electron chi connectivity index (χ0n) is 15.7. The number of nitrogens with zero attached hydrogens (tertiary/aromatic N) is 2. The van der Waals surface area contributed by atoms with E-state index in [1.807, 2.05) is 18.2 Å². The molecular formula is C20H31N3O2. The van der Waals surface area contributed by atoms with Crippen LogP contribution < -0.4 is 5.32 Å². The number of rotatable bonds is 8. The van der Waals surface area contributed by atoms with Crippen LogP contribution >= 0.6 is 0 Å². The number of nitrogens with one attached hydrogen (secondary N) is 1. The summed E-state index contributed by atoms with van der Waals surface area (Å²) < 4.78 is 0. The lowest BCUT2D eigenvalue weighted by Gasteiger charge is -2.39. The molecule has 25 heavy (non-hydrogen) atoms. The molecule has 1 aliphatic heterocycles. The zero-order chi connectivity index (χ0) is 18.2. The van der Waals surface area contributed by atoms with Crippen molar-refractivity contribution in [1.29, 1.82) is 0 Å². The molecule has 0 saturated carbocycles. The highest BCUT2D eigenvalue weighted by Crippen LogP contribution is 2.13. The van der Waals surface area contributed by atoms with Gasteiger partial charge < -0.3 is 10.2 Å². The van der Waals surface area contributed by atoms with Gasteiger partial charge in [-0.3, -0.25) is 14.5 Å². The molecule has 1 fully saturated rings.